The summed E-state index contributed by atoms with van der Waals surface area (Å²) >= 11 is 0. The fraction of sp³-hybridized carbons (Fsp3) is 0.833. The van der Waals surface area contributed by atoms with E-state index < -0.39 is 47.9 Å². The molecule has 35 heavy (non-hydrogen) atoms. The molecule has 0 aromatic rings. The van der Waals surface area contributed by atoms with E-state index in [0.29, 0.717) is 12.8 Å². The molecule has 0 bridgehead atoms. The quantitative estimate of drug-likeness (QED) is 0.165. The van der Waals surface area contributed by atoms with Gasteiger partial charge in [-0.3, -0.25) is 0 Å². The van der Waals surface area contributed by atoms with E-state index in [1.54, 1.807) is 0 Å². The molecule has 0 aliphatic carbocycles. The summed E-state index contributed by atoms with van der Waals surface area (Å²) in [6.45, 7) is 7.79. The molecule has 0 aliphatic rings. The van der Waals surface area contributed by atoms with Crippen molar-refractivity contribution in [1.82, 2.24) is 0 Å². The molecule has 4 atom stereocenters. The first-order valence-corrected chi connectivity index (χ1v) is 12.0. The Morgan fingerprint density at radius 2 is 0.943 bits per heavy atom. The van der Waals surface area contributed by atoms with Gasteiger partial charge in [0.05, 0.1) is 11.9 Å². The Bertz CT molecular complexity index is 588. The van der Waals surface area contributed by atoms with Crippen LogP contribution in [0, 0.1) is 11.8 Å². The fourth-order valence-corrected chi connectivity index (χ4v) is 3.77. The maximum atomic E-state index is 10.8. The minimum atomic E-state index is -2.31. The van der Waals surface area contributed by atoms with Crippen molar-refractivity contribution in [3.8, 4) is 0 Å². The largest absolute Gasteiger partial charge is 4.00 e. The van der Waals surface area contributed by atoms with E-state index in [-0.39, 0.29) is 48.6 Å². The van der Waals surface area contributed by atoms with Crippen LogP contribution >= 0.6 is 0 Å². The van der Waals surface area contributed by atoms with E-state index in [1.807, 2.05) is 27.7 Å². The second-order valence-corrected chi connectivity index (χ2v) is 8.98. The van der Waals surface area contributed by atoms with Gasteiger partial charge in [0, 0.05) is 24.8 Å². The van der Waals surface area contributed by atoms with Crippen molar-refractivity contribution in [1.29, 1.82) is 0 Å². The number of rotatable bonds is 18. The standard InChI is InChI=1S/2C12H22O5.Sn/c2*1-3-5-6-9(4-2)7-12(17,11(15)16)8-10(13)14;/h2*9,17H,3-8H2,1-2H3,(H,13,14)(H,15,16);/q;;+4/p-4. The normalized spacial score (nSPS) is 15.7. The predicted octanol–water partition coefficient (Wildman–Crippen LogP) is -1.95. The molecule has 0 rings (SSSR count). The molecular formula is C24H40O10Sn. The van der Waals surface area contributed by atoms with Crippen LogP contribution in [-0.2, 0) is 19.2 Å². The molecule has 0 saturated carbocycles. The van der Waals surface area contributed by atoms with Crippen LogP contribution in [0.4, 0.5) is 0 Å². The number of unbranched alkanes of at least 4 members (excludes halogenated alkanes) is 2. The number of carbonyl (C=O) groups excluding carboxylic acids is 4. The van der Waals surface area contributed by atoms with Crippen LogP contribution in [0.15, 0.2) is 0 Å². The first-order chi connectivity index (χ1) is 15.7. The van der Waals surface area contributed by atoms with E-state index in [9.17, 15) is 49.8 Å². The van der Waals surface area contributed by atoms with Crippen LogP contribution in [0.5, 0.6) is 0 Å². The van der Waals surface area contributed by atoms with Crippen LogP contribution in [0.25, 0.3) is 0 Å². The third-order valence-corrected chi connectivity index (χ3v) is 5.97. The molecule has 0 aromatic heterocycles. The second-order valence-electron chi connectivity index (χ2n) is 8.98. The summed E-state index contributed by atoms with van der Waals surface area (Å²) in [7, 11) is 0. The summed E-state index contributed by atoms with van der Waals surface area (Å²) in [5.41, 5.74) is -4.62. The van der Waals surface area contributed by atoms with Gasteiger partial charge in [-0.2, -0.15) is 0 Å². The van der Waals surface area contributed by atoms with Gasteiger partial charge in [-0.1, -0.05) is 79.1 Å². The van der Waals surface area contributed by atoms with Gasteiger partial charge in [0.1, 0.15) is 11.2 Å². The van der Waals surface area contributed by atoms with E-state index in [1.165, 1.54) is 0 Å². The molecule has 0 saturated heterocycles. The van der Waals surface area contributed by atoms with Crippen molar-refractivity contribution < 1.29 is 49.8 Å². The van der Waals surface area contributed by atoms with Crippen LogP contribution in [0.1, 0.15) is 105 Å². The third kappa shape index (κ3) is 16.8. The fourth-order valence-electron chi connectivity index (χ4n) is 3.77. The Morgan fingerprint density at radius 3 is 1.11 bits per heavy atom. The molecule has 0 aliphatic heterocycles. The van der Waals surface area contributed by atoms with E-state index in [4.69, 9.17) is 0 Å². The molecule has 2 N–H and O–H groups in total. The van der Waals surface area contributed by atoms with Gasteiger partial charge in [0.15, 0.2) is 0 Å². The summed E-state index contributed by atoms with van der Waals surface area (Å²) in [6, 6.07) is 0. The van der Waals surface area contributed by atoms with E-state index >= 15 is 0 Å². The zero-order valence-corrected chi connectivity index (χ0v) is 24.2. The monoisotopic (exact) mass is 608 g/mol. The number of carboxylic acids is 4. The second kappa shape index (κ2) is 19.7. The number of carboxylic acid groups (broad SMARTS) is 4. The molecule has 0 fully saturated rings. The molecule has 11 heteroatoms. The first kappa shape index (κ1) is 38.1. The molecular weight excluding hydrogens is 567 g/mol. The number of carbonyl (C=O) groups is 4. The van der Waals surface area contributed by atoms with E-state index in [0.717, 1.165) is 38.5 Å². The summed E-state index contributed by atoms with van der Waals surface area (Å²) in [4.78, 5) is 42.5. The van der Waals surface area contributed by atoms with Crippen molar-refractivity contribution in [2.75, 3.05) is 0 Å². The maximum Gasteiger partial charge on any atom is 4.00 e. The Balaban J connectivity index is -0.000000569. The van der Waals surface area contributed by atoms with Crippen molar-refractivity contribution in [3.63, 3.8) is 0 Å². The van der Waals surface area contributed by atoms with Gasteiger partial charge >= 0.3 is 23.9 Å². The summed E-state index contributed by atoms with van der Waals surface area (Å²) in [5, 5.41) is 62.1. The van der Waals surface area contributed by atoms with Crippen molar-refractivity contribution >= 4 is 47.8 Å². The molecule has 4 unspecified atom stereocenters. The maximum absolute atomic E-state index is 10.8. The van der Waals surface area contributed by atoms with Gasteiger partial charge in [-0.25, -0.2) is 0 Å². The Hall–Kier alpha value is -1.40. The summed E-state index contributed by atoms with van der Waals surface area (Å²) in [5.74, 6) is -6.67. The molecule has 0 heterocycles. The minimum Gasteiger partial charge on any atom is -0.550 e. The first-order valence-electron chi connectivity index (χ1n) is 12.0. The summed E-state index contributed by atoms with van der Waals surface area (Å²) < 4.78 is 0. The number of hydrogen-bond acceptors (Lipinski definition) is 10. The van der Waals surface area contributed by atoms with E-state index in [2.05, 4.69) is 0 Å². The predicted molar refractivity (Wildman–Crippen MR) is 121 cm³/mol. The number of hydrogen-bond donors (Lipinski definition) is 2. The number of aliphatic carboxylic acids is 4. The van der Waals surface area contributed by atoms with Gasteiger partial charge in [-0.05, 0) is 24.7 Å². The Kier molecular flexibility index (Phi) is 21.5. The molecule has 0 aromatic carbocycles. The van der Waals surface area contributed by atoms with Crippen molar-refractivity contribution in [2.24, 2.45) is 11.8 Å². The summed E-state index contributed by atoms with van der Waals surface area (Å²) in [6.07, 6.45) is 4.70. The average molecular weight is 607 g/mol. The van der Waals surface area contributed by atoms with Crippen LogP contribution in [0.3, 0.4) is 0 Å². The molecule has 0 spiro atoms. The topological polar surface area (TPSA) is 201 Å². The Labute approximate surface area is 225 Å². The van der Waals surface area contributed by atoms with Gasteiger partial charge in [-0.15, -0.1) is 0 Å². The van der Waals surface area contributed by atoms with Crippen molar-refractivity contribution in [3.05, 3.63) is 0 Å². The van der Waals surface area contributed by atoms with Crippen LogP contribution in [0.2, 0.25) is 0 Å². The smallest absolute Gasteiger partial charge is 0.550 e. The van der Waals surface area contributed by atoms with Crippen LogP contribution in [-0.4, -0.2) is 69.2 Å². The minimum absolute atomic E-state index is 0. The zero-order chi connectivity index (χ0) is 26.9. The molecule has 0 amide bonds. The van der Waals surface area contributed by atoms with Crippen molar-refractivity contribution in [2.45, 2.75) is 116 Å². The van der Waals surface area contributed by atoms with Gasteiger partial charge in [0.25, 0.3) is 0 Å². The van der Waals surface area contributed by atoms with Gasteiger partial charge < -0.3 is 49.8 Å². The zero-order valence-electron chi connectivity index (χ0n) is 21.3. The molecule has 10 nitrogen and oxygen atoms in total. The number of aliphatic hydroxyl groups is 2. The molecule has 0 radical (unpaired) electrons. The van der Waals surface area contributed by atoms with Crippen LogP contribution < -0.4 is 20.4 Å². The SMILES string of the molecule is CCCCC(CC)CC(O)(CC(=O)[O-])C(=O)[O-].CCCCC(CC)CC(O)(CC(=O)[O-])C(=O)[O-].[Sn+4]. The van der Waals surface area contributed by atoms with Gasteiger partial charge in [0.2, 0.25) is 0 Å². The Morgan fingerprint density at radius 1 is 0.657 bits per heavy atom. The average Bonchev–Trinajstić information content (AvgIpc) is 2.73. The molecule has 200 valence electrons. The third-order valence-electron chi connectivity index (χ3n) is 5.97.